The summed E-state index contributed by atoms with van der Waals surface area (Å²) >= 11 is 0. The van der Waals surface area contributed by atoms with Crippen molar-refractivity contribution in [3.63, 3.8) is 0 Å². The summed E-state index contributed by atoms with van der Waals surface area (Å²) in [5.41, 5.74) is 8.55. The lowest BCUT2D eigenvalue weighted by atomic mass is 9.85. The zero-order valence-corrected chi connectivity index (χ0v) is 13.5. The number of nitrogens with one attached hydrogen (secondary N) is 1. The number of amides is 1. The predicted molar refractivity (Wildman–Crippen MR) is 86.8 cm³/mol. The molecule has 0 aromatic carbocycles. The van der Waals surface area contributed by atoms with Gasteiger partial charge in [-0.25, -0.2) is 0 Å². The Hall–Kier alpha value is -0.840. The van der Waals surface area contributed by atoms with Crippen molar-refractivity contribution in [2.45, 2.75) is 45.6 Å². The average Bonchev–Trinajstić information content (AvgIpc) is 2.32. The van der Waals surface area contributed by atoms with Crippen LogP contribution in [0.3, 0.4) is 0 Å². The van der Waals surface area contributed by atoms with Crippen molar-refractivity contribution in [2.75, 3.05) is 5.32 Å². The molecule has 0 bridgehead atoms. The van der Waals surface area contributed by atoms with Crippen LogP contribution in [-0.2, 0) is 4.79 Å². The molecule has 1 amide bonds. The number of rotatable bonds is 2. The first-order chi connectivity index (χ1) is 8.56. The third kappa shape index (κ3) is 4.93. The molecule has 2 unspecified atom stereocenters. The van der Waals surface area contributed by atoms with Crippen molar-refractivity contribution in [2.24, 2.45) is 11.7 Å². The monoisotopic (exact) mass is 319 g/mol. The number of anilines is 1. The average molecular weight is 320 g/mol. The number of carbonyl (C=O) groups is 1. The number of nitrogens with zero attached hydrogens (tertiary/aromatic N) is 1. The van der Waals surface area contributed by atoms with Gasteiger partial charge in [0.2, 0.25) is 5.91 Å². The van der Waals surface area contributed by atoms with Crippen molar-refractivity contribution in [3.8, 4) is 0 Å². The maximum Gasteiger partial charge on any atom is 0.227 e. The molecule has 4 nitrogen and oxygen atoms in total. The number of aromatic nitrogens is 1. The lowest BCUT2D eigenvalue weighted by Crippen LogP contribution is -2.34. The van der Waals surface area contributed by atoms with E-state index in [9.17, 15) is 4.79 Å². The lowest BCUT2D eigenvalue weighted by Gasteiger charge is -2.25. The fraction of sp³-hybridized carbons (Fsp3) is 0.571. The van der Waals surface area contributed by atoms with Crippen LogP contribution in [0.4, 0.5) is 5.69 Å². The van der Waals surface area contributed by atoms with E-state index in [1.165, 1.54) is 0 Å². The molecule has 1 heterocycles. The first-order valence-corrected chi connectivity index (χ1v) is 6.57. The summed E-state index contributed by atoms with van der Waals surface area (Å²) in [6.07, 6.45) is 3.82. The summed E-state index contributed by atoms with van der Waals surface area (Å²) in [5, 5.41) is 2.97. The van der Waals surface area contributed by atoms with E-state index in [-0.39, 0.29) is 42.7 Å². The van der Waals surface area contributed by atoms with Gasteiger partial charge >= 0.3 is 0 Å². The van der Waals surface area contributed by atoms with Crippen molar-refractivity contribution < 1.29 is 4.79 Å². The minimum Gasteiger partial charge on any atom is -0.328 e. The summed E-state index contributed by atoms with van der Waals surface area (Å²) in [4.78, 5) is 16.5. The summed E-state index contributed by atoms with van der Waals surface area (Å²) in [5.74, 6) is 0.133. The van der Waals surface area contributed by atoms with E-state index in [2.05, 4.69) is 10.3 Å². The quantitative estimate of drug-likeness (QED) is 0.880. The van der Waals surface area contributed by atoms with E-state index < -0.39 is 0 Å². The summed E-state index contributed by atoms with van der Waals surface area (Å²) in [7, 11) is 0. The highest BCUT2D eigenvalue weighted by atomic mass is 35.5. The number of halogens is 2. The molecule has 0 aliphatic heterocycles. The molecule has 0 spiro atoms. The van der Waals surface area contributed by atoms with Gasteiger partial charge in [0.1, 0.15) is 0 Å². The van der Waals surface area contributed by atoms with Gasteiger partial charge in [-0.3, -0.25) is 9.78 Å². The van der Waals surface area contributed by atoms with E-state index >= 15 is 0 Å². The van der Waals surface area contributed by atoms with Crippen LogP contribution < -0.4 is 11.1 Å². The Morgan fingerprint density at radius 3 is 2.60 bits per heavy atom. The van der Waals surface area contributed by atoms with Crippen LogP contribution in [0.5, 0.6) is 0 Å². The van der Waals surface area contributed by atoms with Crippen LogP contribution in [0, 0.1) is 19.8 Å². The zero-order chi connectivity index (χ0) is 13.1. The standard InChI is InChI=1S/C14H21N3O.2ClH/c1-9-6-7-13(10(2)16-9)17-14(18)11-4-3-5-12(15)8-11;;/h6-7,11-12H,3-5,8,15H2,1-2H3,(H,17,18);2*1H. The fourth-order valence-corrected chi connectivity index (χ4v) is 2.52. The molecule has 1 aromatic rings. The highest BCUT2D eigenvalue weighted by Gasteiger charge is 2.25. The Bertz CT molecular complexity index is 454. The SMILES string of the molecule is Cc1ccc(NC(=O)C2CCCC(N)C2)c(C)n1.Cl.Cl. The maximum absolute atomic E-state index is 12.2. The number of aryl methyl sites for hydroxylation is 2. The van der Waals surface area contributed by atoms with Gasteiger partial charge < -0.3 is 11.1 Å². The van der Waals surface area contributed by atoms with E-state index in [1.54, 1.807) is 0 Å². The maximum atomic E-state index is 12.2. The summed E-state index contributed by atoms with van der Waals surface area (Å²) < 4.78 is 0. The Morgan fingerprint density at radius 2 is 2.00 bits per heavy atom. The minimum atomic E-state index is 0. The number of hydrogen-bond donors (Lipinski definition) is 2. The first-order valence-electron chi connectivity index (χ1n) is 6.57. The van der Waals surface area contributed by atoms with E-state index in [0.717, 1.165) is 42.8 Å². The second-order valence-corrected chi connectivity index (χ2v) is 5.20. The molecule has 3 N–H and O–H groups in total. The normalized spacial score (nSPS) is 21.4. The Labute approximate surface area is 132 Å². The molecule has 2 rings (SSSR count). The van der Waals surface area contributed by atoms with Gasteiger partial charge in [-0.05, 0) is 45.2 Å². The van der Waals surface area contributed by atoms with Crippen molar-refractivity contribution in [3.05, 3.63) is 23.5 Å². The fourth-order valence-electron chi connectivity index (χ4n) is 2.52. The van der Waals surface area contributed by atoms with Gasteiger partial charge in [0, 0.05) is 17.7 Å². The summed E-state index contributed by atoms with van der Waals surface area (Å²) in [6.45, 7) is 3.86. The number of carbonyl (C=O) groups excluding carboxylic acids is 1. The van der Waals surface area contributed by atoms with Crippen molar-refractivity contribution in [1.29, 1.82) is 0 Å². The predicted octanol–water partition coefficient (Wildman–Crippen LogP) is 3.00. The number of nitrogens with two attached hydrogens (primary N) is 1. The van der Waals surface area contributed by atoms with Crippen molar-refractivity contribution >= 4 is 36.4 Å². The van der Waals surface area contributed by atoms with Gasteiger partial charge in [0.15, 0.2) is 0 Å². The number of pyridine rings is 1. The lowest BCUT2D eigenvalue weighted by molar-refractivity contribution is -0.120. The molecule has 114 valence electrons. The topological polar surface area (TPSA) is 68.0 Å². The molecule has 1 saturated carbocycles. The smallest absolute Gasteiger partial charge is 0.227 e. The second kappa shape index (κ2) is 8.45. The van der Waals surface area contributed by atoms with Crippen LogP contribution in [0.1, 0.15) is 37.1 Å². The molecule has 0 saturated heterocycles. The molecule has 1 aliphatic carbocycles. The molecule has 1 aromatic heterocycles. The summed E-state index contributed by atoms with van der Waals surface area (Å²) in [6, 6.07) is 4.00. The molecule has 1 aliphatic rings. The molecule has 20 heavy (non-hydrogen) atoms. The largest absolute Gasteiger partial charge is 0.328 e. The van der Waals surface area contributed by atoms with Gasteiger partial charge in [-0.1, -0.05) is 6.42 Å². The second-order valence-electron chi connectivity index (χ2n) is 5.20. The van der Waals surface area contributed by atoms with Gasteiger partial charge in [-0.2, -0.15) is 0 Å². The van der Waals surface area contributed by atoms with Gasteiger partial charge in [-0.15, -0.1) is 24.8 Å². The number of hydrogen-bond acceptors (Lipinski definition) is 3. The van der Waals surface area contributed by atoms with E-state index in [1.807, 2.05) is 26.0 Å². The molecule has 1 fully saturated rings. The Balaban J connectivity index is 0.00000180. The Kier molecular flexibility index (Phi) is 8.09. The molecule has 6 heteroatoms. The Morgan fingerprint density at radius 1 is 1.30 bits per heavy atom. The molecular formula is C14H23Cl2N3O. The highest BCUT2D eigenvalue weighted by Crippen LogP contribution is 2.25. The van der Waals surface area contributed by atoms with Crippen LogP contribution >= 0.6 is 24.8 Å². The first kappa shape index (κ1) is 19.2. The van der Waals surface area contributed by atoms with Gasteiger partial charge in [0.05, 0.1) is 11.4 Å². The molecular weight excluding hydrogens is 297 g/mol. The molecule has 2 atom stereocenters. The van der Waals surface area contributed by atoms with E-state index in [4.69, 9.17) is 5.73 Å². The third-order valence-electron chi connectivity index (χ3n) is 3.57. The van der Waals surface area contributed by atoms with E-state index in [0.29, 0.717) is 0 Å². The van der Waals surface area contributed by atoms with Crippen LogP contribution in [-0.4, -0.2) is 16.9 Å². The van der Waals surface area contributed by atoms with Crippen LogP contribution in [0.25, 0.3) is 0 Å². The minimum absolute atomic E-state index is 0. The van der Waals surface area contributed by atoms with Crippen LogP contribution in [0.2, 0.25) is 0 Å². The van der Waals surface area contributed by atoms with Gasteiger partial charge in [0.25, 0.3) is 0 Å². The van der Waals surface area contributed by atoms with Crippen LogP contribution in [0.15, 0.2) is 12.1 Å². The zero-order valence-electron chi connectivity index (χ0n) is 11.9. The third-order valence-corrected chi connectivity index (χ3v) is 3.57. The molecule has 0 radical (unpaired) electrons. The van der Waals surface area contributed by atoms with Crippen molar-refractivity contribution in [1.82, 2.24) is 4.98 Å². The highest BCUT2D eigenvalue weighted by molar-refractivity contribution is 5.93.